The summed E-state index contributed by atoms with van der Waals surface area (Å²) in [5, 5.41) is 0. The summed E-state index contributed by atoms with van der Waals surface area (Å²) in [6, 6.07) is 18.7. The number of rotatable bonds is 7. The third-order valence-electron chi connectivity index (χ3n) is 6.66. The summed E-state index contributed by atoms with van der Waals surface area (Å²) < 4.78 is 1.56. The Morgan fingerprint density at radius 3 is 1.41 bits per heavy atom. The number of halogens is 2. The van der Waals surface area contributed by atoms with Crippen LogP contribution in [0.2, 0.25) is 13.1 Å². The van der Waals surface area contributed by atoms with Crippen molar-refractivity contribution in [1.29, 1.82) is 0 Å². The minimum Gasteiger partial charge on any atom is -1.00 e. The first-order chi connectivity index (χ1) is 14.4. The predicted octanol–water partition coefficient (Wildman–Crippen LogP) is 1.96. The Kier molecular flexibility index (Phi) is 10.7. The fraction of sp³-hybridized carbons (Fsp3) is 0.429. The van der Waals surface area contributed by atoms with Crippen LogP contribution in [0.15, 0.2) is 59.7 Å². The van der Waals surface area contributed by atoms with Gasteiger partial charge in [-0.15, -0.1) is 0 Å². The van der Waals surface area contributed by atoms with E-state index in [9.17, 15) is 0 Å². The molecule has 2 unspecified atom stereocenters. The van der Waals surface area contributed by atoms with Crippen LogP contribution in [0.3, 0.4) is 0 Å². The molecular weight excluding hydrogens is 615 g/mol. The van der Waals surface area contributed by atoms with E-state index in [-0.39, 0.29) is 34.0 Å². The minimum absolute atomic E-state index is 0. The molecule has 0 fully saturated rings. The van der Waals surface area contributed by atoms with Crippen LogP contribution in [0.25, 0.3) is 12.2 Å². The Hall–Kier alpha value is -0.0200. The molecule has 0 radical (unpaired) electrons. The van der Waals surface area contributed by atoms with Crippen LogP contribution in [0, 0.1) is 11.8 Å². The van der Waals surface area contributed by atoms with Crippen molar-refractivity contribution in [2.75, 3.05) is 0 Å². The first kappa shape index (κ1) is 28.2. The number of benzene rings is 2. The Bertz CT molecular complexity index is 901. The van der Waals surface area contributed by atoms with Gasteiger partial charge in [-0.25, -0.2) is 0 Å². The van der Waals surface area contributed by atoms with Crippen LogP contribution in [0.4, 0.5) is 0 Å². The second kappa shape index (κ2) is 12.1. The van der Waals surface area contributed by atoms with Crippen molar-refractivity contribution >= 4 is 18.1 Å². The fourth-order valence-electron chi connectivity index (χ4n) is 5.69. The van der Waals surface area contributed by atoms with Gasteiger partial charge in [0, 0.05) is 0 Å². The van der Waals surface area contributed by atoms with E-state index in [1.807, 2.05) is 0 Å². The Morgan fingerprint density at radius 1 is 0.688 bits per heavy atom. The molecule has 2 aliphatic carbocycles. The molecular formula is C28H37Br2SiZr. The van der Waals surface area contributed by atoms with E-state index in [2.05, 4.69) is 101 Å². The van der Waals surface area contributed by atoms with Gasteiger partial charge in [0.2, 0.25) is 0 Å². The summed E-state index contributed by atoms with van der Waals surface area (Å²) in [5.74, 6) is 0.697. The molecule has 0 heterocycles. The quantitative estimate of drug-likeness (QED) is 0.402. The van der Waals surface area contributed by atoms with Gasteiger partial charge in [0.05, 0.1) is 0 Å². The van der Waals surface area contributed by atoms with Gasteiger partial charge in [0.15, 0.2) is 0 Å². The monoisotopic (exact) mass is 649 g/mol. The average Bonchev–Trinajstić information content (AvgIpc) is 3.20. The van der Waals surface area contributed by atoms with E-state index in [4.69, 9.17) is 0 Å². The molecule has 0 saturated carbocycles. The molecule has 0 amide bonds. The normalized spacial score (nSPS) is 18.7. The van der Waals surface area contributed by atoms with Crippen LogP contribution in [-0.4, -0.2) is 5.92 Å². The van der Waals surface area contributed by atoms with E-state index in [0.29, 0.717) is 0 Å². The maximum Gasteiger partial charge on any atom is -1.00 e. The molecule has 171 valence electrons. The first-order valence-corrected chi connectivity index (χ1v) is 21.8. The van der Waals surface area contributed by atoms with Crippen molar-refractivity contribution in [2.45, 2.75) is 60.9 Å². The molecule has 2 atom stereocenters. The molecule has 0 N–H and O–H groups in total. The summed E-state index contributed by atoms with van der Waals surface area (Å²) in [6.07, 6.45) is 7.71. The summed E-state index contributed by atoms with van der Waals surface area (Å²) in [4.78, 5) is 0. The van der Waals surface area contributed by atoms with E-state index in [1.165, 1.54) is 24.0 Å². The van der Waals surface area contributed by atoms with Crippen LogP contribution in [0.1, 0.15) is 70.0 Å². The van der Waals surface area contributed by atoms with Gasteiger partial charge < -0.3 is 34.0 Å². The maximum absolute atomic E-state index is 2.68. The smallest absolute Gasteiger partial charge is 1.00 e. The molecule has 2 aromatic carbocycles. The van der Waals surface area contributed by atoms with Crippen molar-refractivity contribution in [3.63, 3.8) is 0 Å². The summed E-state index contributed by atoms with van der Waals surface area (Å²) in [7, 11) is 0. The standard InChI is InChI=1S/2C13H15.C2H7Si.2BrH.Zr/c2*1-10(2)7-11-8-12-5-3-4-6-13(12)9-11;1-3-2;;;/h2*3-6,8-10H,7H2,1-2H3;3H,1-2H3;2*1H;/q;;;;;+2/p-2. The van der Waals surface area contributed by atoms with Gasteiger partial charge in [0.1, 0.15) is 0 Å². The minimum atomic E-state index is -1.89. The molecule has 0 bridgehead atoms. The zero-order chi connectivity index (χ0) is 21.4. The summed E-state index contributed by atoms with van der Waals surface area (Å²) in [6.45, 7) is 14.9. The predicted molar refractivity (Wildman–Crippen MR) is 132 cm³/mol. The topological polar surface area (TPSA) is 0 Å². The molecule has 4 heteroatoms. The van der Waals surface area contributed by atoms with Gasteiger partial charge >= 0.3 is 194 Å². The fourth-order valence-corrected chi connectivity index (χ4v) is 28.5. The maximum atomic E-state index is 2.68. The number of fused-ring (bicyclic) bond motifs is 2. The first-order valence-electron chi connectivity index (χ1n) is 11.8. The number of allylic oxidation sites excluding steroid dienone is 2. The van der Waals surface area contributed by atoms with Gasteiger partial charge in [-0.3, -0.25) is 0 Å². The van der Waals surface area contributed by atoms with Crippen LogP contribution in [-0.2, 0) is 20.9 Å². The SMILES string of the molecule is CC(C)CC1=Cc2ccccc2[CH]1[Zr+2]([CH]1C(CC(C)C)=Cc2ccccc21)[SiH](C)C.[Br-].[Br-]. The van der Waals surface area contributed by atoms with Crippen LogP contribution >= 0.6 is 0 Å². The Labute approximate surface area is 225 Å². The molecule has 0 nitrogen and oxygen atoms in total. The van der Waals surface area contributed by atoms with Crippen molar-refractivity contribution in [1.82, 2.24) is 0 Å². The van der Waals surface area contributed by atoms with Gasteiger partial charge in [-0.1, -0.05) is 0 Å². The molecule has 0 aromatic heterocycles. The van der Waals surface area contributed by atoms with Crippen molar-refractivity contribution in [3.8, 4) is 0 Å². The third kappa shape index (κ3) is 5.78. The molecule has 2 aromatic rings. The molecule has 0 saturated heterocycles. The van der Waals surface area contributed by atoms with Gasteiger partial charge in [0.25, 0.3) is 0 Å². The summed E-state index contributed by atoms with van der Waals surface area (Å²) >= 11 is -1.89. The van der Waals surface area contributed by atoms with Crippen molar-refractivity contribution in [2.24, 2.45) is 11.8 Å². The second-order valence-corrected chi connectivity index (χ2v) is 30.5. The Morgan fingerprint density at radius 2 is 1.06 bits per heavy atom. The molecule has 32 heavy (non-hydrogen) atoms. The molecule has 0 spiro atoms. The van der Waals surface area contributed by atoms with E-state index >= 15 is 0 Å². The molecule has 2 aliphatic rings. The second-order valence-electron chi connectivity index (χ2n) is 10.4. The number of hydrogen-bond acceptors (Lipinski definition) is 0. The van der Waals surface area contributed by atoms with Gasteiger partial charge in [-0.2, -0.15) is 0 Å². The van der Waals surface area contributed by atoms with Gasteiger partial charge in [-0.05, 0) is 0 Å². The zero-order valence-electron chi connectivity index (χ0n) is 20.3. The van der Waals surface area contributed by atoms with E-state index in [1.54, 1.807) is 22.3 Å². The van der Waals surface area contributed by atoms with Crippen LogP contribution in [0.5, 0.6) is 0 Å². The van der Waals surface area contributed by atoms with Crippen LogP contribution < -0.4 is 34.0 Å². The third-order valence-corrected chi connectivity index (χ3v) is 28.4. The van der Waals surface area contributed by atoms with E-state index < -0.39 is 26.8 Å². The van der Waals surface area contributed by atoms with E-state index in [0.717, 1.165) is 19.1 Å². The number of hydrogen-bond donors (Lipinski definition) is 0. The molecule has 4 rings (SSSR count). The average molecular weight is 653 g/mol. The largest absolute Gasteiger partial charge is 1.00 e. The molecule has 0 aliphatic heterocycles. The Balaban J connectivity index is 0.00000181. The zero-order valence-corrected chi connectivity index (χ0v) is 27.1. The summed E-state index contributed by atoms with van der Waals surface area (Å²) in [5.41, 5.74) is 9.94. The van der Waals surface area contributed by atoms with Crippen molar-refractivity contribution in [3.05, 3.63) is 81.9 Å². The van der Waals surface area contributed by atoms with Crippen molar-refractivity contribution < 1.29 is 54.9 Å².